The number of nitrogens with two attached hydrogens (primary N) is 1. The molecule has 2 aromatic carbocycles. The second kappa shape index (κ2) is 23.3. The number of carbonyl (C=O) groups is 4. The van der Waals surface area contributed by atoms with Gasteiger partial charge >= 0.3 is 0 Å². The third-order valence-corrected chi connectivity index (χ3v) is 17.4. The van der Waals surface area contributed by atoms with Crippen LogP contribution in [0.5, 0.6) is 5.75 Å². The van der Waals surface area contributed by atoms with E-state index in [1.165, 1.54) is 28.0 Å². The van der Waals surface area contributed by atoms with Crippen molar-refractivity contribution < 1.29 is 33.4 Å². The number of β-amino-alcohol motifs (C(OH)–C–C–N with tert-alkyl or cyclic N) is 1. The summed E-state index contributed by atoms with van der Waals surface area (Å²) in [5.41, 5.74) is 8.37. The minimum Gasteiger partial charge on any atom is -0.493 e. The highest BCUT2D eigenvalue weighted by atomic mass is 35.5. The fourth-order valence-electron chi connectivity index (χ4n) is 9.68. The van der Waals surface area contributed by atoms with Crippen LogP contribution in [0.1, 0.15) is 96.7 Å². The third-order valence-electron chi connectivity index (χ3n) is 14.9. The van der Waals surface area contributed by atoms with Gasteiger partial charge in [0.05, 0.1) is 51.9 Å². The van der Waals surface area contributed by atoms with E-state index in [9.17, 15) is 28.7 Å². The van der Waals surface area contributed by atoms with Crippen LogP contribution >= 0.6 is 34.7 Å². The van der Waals surface area contributed by atoms with E-state index in [2.05, 4.69) is 47.6 Å². The molecule has 4 fully saturated rings. The molecule has 6 N–H and O–H groups in total. The molecule has 16 nitrogen and oxygen atoms in total. The summed E-state index contributed by atoms with van der Waals surface area (Å²) in [6.45, 7) is 14.8. The number of nitrogens with one attached hydrogen (secondary N) is 3. The first-order chi connectivity index (χ1) is 34.8. The number of rotatable bonds is 19. The van der Waals surface area contributed by atoms with Gasteiger partial charge in [-0.3, -0.25) is 19.2 Å². The second-order valence-corrected chi connectivity index (χ2v) is 23.9. The molecule has 5 heterocycles. The van der Waals surface area contributed by atoms with E-state index in [4.69, 9.17) is 22.1 Å². The zero-order valence-electron chi connectivity index (χ0n) is 42.6. The third kappa shape index (κ3) is 13.7. The molecule has 3 saturated heterocycles. The fraction of sp³-hybridized carbons (Fsp3) is 0.566. The maximum Gasteiger partial charge on any atom is 0.258 e. The number of halogens is 2. The Labute approximate surface area is 441 Å². The largest absolute Gasteiger partial charge is 0.493 e. The van der Waals surface area contributed by atoms with E-state index in [0.717, 1.165) is 90.7 Å². The van der Waals surface area contributed by atoms with Crippen molar-refractivity contribution in [3.63, 3.8) is 0 Å². The molecule has 1 saturated carbocycles. The topological polar surface area (TPSA) is 208 Å². The van der Waals surface area contributed by atoms with Gasteiger partial charge < -0.3 is 46.2 Å². The molecule has 3 atom stereocenters. The average Bonchev–Trinajstić information content (AvgIpc) is 3.78. The number of ether oxygens (including phenoxy) is 1. The number of amides is 4. The van der Waals surface area contributed by atoms with Crippen molar-refractivity contribution in [2.75, 3.05) is 62.6 Å². The lowest BCUT2D eigenvalue weighted by Crippen LogP contribution is -2.59. The molecule has 0 radical (unpaired) electrons. The summed E-state index contributed by atoms with van der Waals surface area (Å²) in [6, 6.07) is 9.38. The molecular formula is C53H70ClFN10O6S2. The number of benzene rings is 2. The van der Waals surface area contributed by atoms with Crippen molar-refractivity contribution in [3.8, 4) is 16.2 Å². The zero-order valence-corrected chi connectivity index (χ0v) is 44.9. The monoisotopic (exact) mass is 1060 g/mol. The van der Waals surface area contributed by atoms with E-state index in [0.29, 0.717) is 53.5 Å². The lowest BCUT2D eigenvalue weighted by molar-refractivity contribution is -0.145. The number of hydrogen-bond acceptors (Lipinski definition) is 14. The maximum atomic E-state index is 14.7. The Hall–Kier alpha value is -4.92. The quantitative estimate of drug-likeness (QED) is 0.0621. The van der Waals surface area contributed by atoms with E-state index in [-0.39, 0.29) is 43.7 Å². The van der Waals surface area contributed by atoms with Crippen LogP contribution in [0.15, 0.2) is 64.2 Å². The summed E-state index contributed by atoms with van der Waals surface area (Å²) < 4.78 is 21.2. The Bertz CT molecular complexity index is 2600. The number of aryl methyl sites for hydroxylation is 1. The second-order valence-electron chi connectivity index (χ2n) is 21.6. The Morgan fingerprint density at radius 2 is 1.79 bits per heavy atom. The maximum absolute atomic E-state index is 14.7. The molecule has 0 spiro atoms. The van der Waals surface area contributed by atoms with Gasteiger partial charge in [-0.15, -0.1) is 11.3 Å². The van der Waals surface area contributed by atoms with Gasteiger partial charge in [0.15, 0.2) is 5.67 Å². The van der Waals surface area contributed by atoms with Crippen molar-refractivity contribution in [1.29, 1.82) is 0 Å². The molecule has 4 amide bonds. The van der Waals surface area contributed by atoms with E-state index in [1.807, 2.05) is 43.3 Å². The predicted molar refractivity (Wildman–Crippen MR) is 283 cm³/mol. The van der Waals surface area contributed by atoms with Gasteiger partial charge in [-0.1, -0.05) is 69.3 Å². The molecule has 394 valence electrons. The summed E-state index contributed by atoms with van der Waals surface area (Å²) >= 11 is 9.77. The van der Waals surface area contributed by atoms with Crippen molar-refractivity contribution in [3.05, 3.63) is 70.6 Å². The Balaban J connectivity index is 0.801. The number of aliphatic hydroxyl groups is 1. The summed E-state index contributed by atoms with van der Waals surface area (Å²) in [4.78, 5) is 75.2. The van der Waals surface area contributed by atoms with Crippen molar-refractivity contribution >= 4 is 69.8 Å². The summed E-state index contributed by atoms with van der Waals surface area (Å²) in [5.74, 6) is -0.0155. The van der Waals surface area contributed by atoms with Crippen LogP contribution in [0.4, 0.5) is 15.9 Å². The van der Waals surface area contributed by atoms with Crippen LogP contribution in [0.3, 0.4) is 0 Å². The molecule has 8 rings (SSSR count). The average molecular weight is 1060 g/mol. The number of piperidine rings is 2. The molecule has 0 bridgehead atoms. The molecule has 73 heavy (non-hydrogen) atoms. The standard InChI is InChI=1S/C53H70ClFN10O6S2/c1-33-46(72-32-60-33)35-9-10-36(27-59-48(68)39-26-37(66)30-65(39)49(69)47(51(2,3)4)62-50(70)53(55)15-16-53)40(25-35)71-24-14-34-11-19-63(20-12-34)21-13-43(67)61-38-7-6-8-41(45(38)54)73-44-29-57-42(28-58-44)64-22-17-52(5,31-56)18-23-64/h6-10,25,28-29,32,34,37,39,47,66H,11-24,26-27,30-31,56H2,1-5H3,(H,59,68)(H,61,67)(H,62,70)/t37?,39?,47-/m1/s1. The molecule has 2 unspecified atom stereocenters. The van der Waals surface area contributed by atoms with Crippen LogP contribution in [-0.4, -0.2) is 130 Å². The first-order valence-electron chi connectivity index (χ1n) is 25.5. The zero-order chi connectivity index (χ0) is 52.1. The minimum absolute atomic E-state index is 0.0281. The van der Waals surface area contributed by atoms with Crippen LogP contribution in [0, 0.1) is 23.7 Å². The lowest BCUT2D eigenvalue weighted by atomic mass is 9.80. The SMILES string of the molecule is Cc1ncsc1-c1ccc(CNC(=O)C2CC(O)CN2C(=O)[C@@H](NC(=O)C2(F)CC2)C(C)(C)C)c(OCCC2CCN(CCC(=O)Nc3cccc(Sc4cnc(N5CCC(C)(CN)CC5)cn4)c3Cl)CC2)c1. The molecule has 3 aliphatic heterocycles. The van der Waals surface area contributed by atoms with Gasteiger partial charge in [-0.25, -0.2) is 19.3 Å². The number of hydrogen-bond donors (Lipinski definition) is 5. The highest BCUT2D eigenvalue weighted by molar-refractivity contribution is 7.99. The summed E-state index contributed by atoms with van der Waals surface area (Å²) in [7, 11) is 0. The van der Waals surface area contributed by atoms with Gasteiger partial charge in [0.2, 0.25) is 17.7 Å². The predicted octanol–water partition coefficient (Wildman–Crippen LogP) is 7.40. The van der Waals surface area contributed by atoms with Gasteiger partial charge in [0.1, 0.15) is 28.7 Å². The molecule has 4 aromatic rings. The van der Waals surface area contributed by atoms with Gasteiger partial charge in [-0.2, -0.15) is 0 Å². The normalized spacial score (nSPS) is 20.3. The fourth-order valence-corrected chi connectivity index (χ4v) is 11.6. The molecule has 1 aliphatic carbocycles. The number of thiazole rings is 1. The number of likely N-dealkylation sites (tertiary alicyclic amines) is 2. The Morgan fingerprint density at radius 3 is 2.45 bits per heavy atom. The number of aliphatic hydroxyl groups excluding tert-OH is 1. The Morgan fingerprint density at radius 1 is 1.04 bits per heavy atom. The lowest BCUT2D eigenvalue weighted by Gasteiger charge is -2.39. The first kappa shape index (κ1) is 54.3. The van der Waals surface area contributed by atoms with Crippen LogP contribution < -0.4 is 31.3 Å². The van der Waals surface area contributed by atoms with Crippen LogP contribution in [0.2, 0.25) is 5.02 Å². The summed E-state index contributed by atoms with van der Waals surface area (Å²) in [6.07, 6.45) is 7.99. The number of nitrogens with zero attached hydrogens (tertiary/aromatic N) is 6. The number of alkyl halides is 1. The minimum atomic E-state index is -1.97. The van der Waals surface area contributed by atoms with E-state index < -0.39 is 47.0 Å². The summed E-state index contributed by atoms with van der Waals surface area (Å²) in [5, 5.41) is 20.5. The van der Waals surface area contributed by atoms with Gasteiger partial charge in [0.25, 0.3) is 5.91 Å². The van der Waals surface area contributed by atoms with Gasteiger partial charge in [0, 0.05) is 56.0 Å². The number of aromatic nitrogens is 3. The van der Waals surface area contributed by atoms with Crippen LogP contribution in [0.25, 0.3) is 10.4 Å². The van der Waals surface area contributed by atoms with Gasteiger partial charge in [-0.05, 0) is 112 Å². The van der Waals surface area contributed by atoms with E-state index >= 15 is 0 Å². The first-order valence-corrected chi connectivity index (χ1v) is 27.6. The highest BCUT2D eigenvalue weighted by Gasteiger charge is 2.53. The smallest absolute Gasteiger partial charge is 0.258 e. The Kier molecular flexibility index (Phi) is 17.4. The number of carbonyl (C=O) groups excluding carboxylic acids is 4. The highest BCUT2D eigenvalue weighted by Crippen LogP contribution is 2.41. The van der Waals surface area contributed by atoms with E-state index in [1.54, 1.807) is 38.7 Å². The van der Waals surface area contributed by atoms with Crippen molar-refractivity contribution in [2.45, 2.75) is 133 Å². The molecule has 4 aliphatic rings. The van der Waals surface area contributed by atoms with Crippen molar-refractivity contribution in [1.82, 2.24) is 35.4 Å². The number of anilines is 2. The van der Waals surface area contributed by atoms with Crippen LogP contribution in [-0.2, 0) is 25.7 Å². The molecule has 20 heteroatoms. The molecular weight excluding hydrogens is 991 g/mol. The van der Waals surface area contributed by atoms with Crippen molar-refractivity contribution in [2.24, 2.45) is 22.5 Å². The molecule has 2 aromatic heterocycles.